The number of nitrogens with zero attached hydrogens (tertiary/aromatic N) is 4. The topological polar surface area (TPSA) is 52.2 Å². The van der Waals surface area contributed by atoms with E-state index >= 15 is 0 Å². The lowest BCUT2D eigenvalue weighted by atomic mass is 10.1. The van der Waals surface area contributed by atoms with Crippen LogP contribution in [0.25, 0.3) is 11.3 Å². The number of Topliss-reactive ketones (excluding diaryl/α,β-unsaturated/α-hetero) is 1. The smallest absolute Gasteiger partial charge is 0.318 e. The van der Waals surface area contributed by atoms with Crippen LogP contribution in [0.1, 0.15) is 27.3 Å². The number of carbonyl (C=O) groups is 1. The summed E-state index contributed by atoms with van der Waals surface area (Å²) in [5, 5.41) is 9.26. The van der Waals surface area contributed by atoms with Gasteiger partial charge in [-0.05, 0) is 44.2 Å². The minimum absolute atomic E-state index is 0.0534. The summed E-state index contributed by atoms with van der Waals surface area (Å²) in [6, 6.07) is 8.24. The van der Waals surface area contributed by atoms with Crippen LogP contribution < -0.4 is 0 Å². The number of benzene rings is 1. The van der Waals surface area contributed by atoms with Crippen LogP contribution in [0.4, 0.5) is 13.2 Å². The van der Waals surface area contributed by atoms with Crippen LogP contribution >= 0.6 is 35.0 Å². The minimum Gasteiger partial charge on any atom is -0.318 e. The second kappa shape index (κ2) is 8.46. The Kier molecular flexibility index (Phi) is 6.00. The molecule has 0 saturated heterocycles. The first-order valence-corrected chi connectivity index (χ1v) is 11.0. The van der Waals surface area contributed by atoms with E-state index in [1.165, 1.54) is 17.8 Å². The van der Waals surface area contributed by atoms with Gasteiger partial charge in [-0.25, -0.2) is 0 Å². The number of carbonyl (C=O) groups excluding carboxylic acids is 1. The summed E-state index contributed by atoms with van der Waals surface area (Å²) in [5.74, 6) is -0.135. The first-order valence-electron chi connectivity index (χ1n) is 9.28. The SMILES string of the molecule is Cc1cc(C(=O)CSc2nnc3c(Cl)cc(Cl)cn23)c(C)n1-c1cccc(C(F)(F)F)c1. The normalized spacial score (nSPS) is 12.0. The van der Waals surface area contributed by atoms with Crippen molar-refractivity contribution >= 4 is 46.4 Å². The second-order valence-corrected chi connectivity index (χ2v) is 8.85. The number of hydrogen-bond donors (Lipinski definition) is 0. The fraction of sp³-hybridized carbons (Fsp3) is 0.190. The fourth-order valence-electron chi connectivity index (χ4n) is 3.47. The van der Waals surface area contributed by atoms with Crippen LogP contribution in [0, 0.1) is 13.8 Å². The van der Waals surface area contributed by atoms with Gasteiger partial charge in [0.1, 0.15) is 0 Å². The number of hydrogen-bond acceptors (Lipinski definition) is 4. The molecule has 0 radical (unpaired) electrons. The van der Waals surface area contributed by atoms with Crippen molar-refractivity contribution in [3.8, 4) is 5.69 Å². The van der Waals surface area contributed by atoms with Gasteiger partial charge in [-0.2, -0.15) is 13.2 Å². The van der Waals surface area contributed by atoms with Gasteiger partial charge in [0.15, 0.2) is 16.6 Å². The van der Waals surface area contributed by atoms with Gasteiger partial charge in [0.25, 0.3) is 0 Å². The lowest BCUT2D eigenvalue weighted by Gasteiger charge is -2.13. The van der Waals surface area contributed by atoms with E-state index in [0.29, 0.717) is 43.5 Å². The summed E-state index contributed by atoms with van der Waals surface area (Å²) in [6.45, 7) is 3.45. The molecule has 0 aliphatic carbocycles. The highest BCUT2D eigenvalue weighted by atomic mass is 35.5. The molecule has 3 heterocycles. The zero-order valence-electron chi connectivity index (χ0n) is 16.7. The molecule has 0 saturated carbocycles. The molecule has 0 fully saturated rings. The number of fused-ring (bicyclic) bond motifs is 1. The second-order valence-electron chi connectivity index (χ2n) is 7.06. The average molecular weight is 499 g/mol. The van der Waals surface area contributed by atoms with Crippen molar-refractivity contribution < 1.29 is 18.0 Å². The van der Waals surface area contributed by atoms with Crippen molar-refractivity contribution in [2.75, 3.05) is 5.75 Å². The zero-order valence-corrected chi connectivity index (χ0v) is 19.1. The van der Waals surface area contributed by atoms with Gasteiger partial charge in [-0.1, -0.05) is 41.0 Å². The van der Waals surface area contributed by atoms with Gasteiger partial charge in [0, 0.05) is 28.8 Å². The van der Waals surface area contributed by atoms with Crippen molar-refractivity contribution in [3.05, 3.63) is 75.2 Å². The van der Waals surface area contributed by atoms with Gasteiger partial charge in [0.05, 0.1) is 21.4 Å². The van der Waals surface area contributed by atoms with Gasteiger partial charge in [-0.15, -0.1) is 10.2 Å². The van der Waals surface area contributed by atoms with Gasteiger partial charge in [-0.3, -0.25) is 9.20 Å². The number of aromatic nitrogens is 4. The molecule has 4 aromatic rings. The summed E-state index contributed by atoms with van der Waals surface area (Å²) >= 11 is 13.3. The highest BCUT2D eigenvalue weighted by Gasteiger charge is 2.31. The molecule has 5 nitrogen and oxygen atoms in total. The number of ketones is 1. The Morgan fingerprint density at radius 3 is 2.59 bits per heavy atom. The quantitative estimate of drug-likeness (QED) is 0.234. The molecule has 0 unspecified atom stereocenters. The molecule has 0 spiro atoms. The van der Waals surface area contributed by atoms with Crippen LogP contribution in [-0.4, -0.2) is 30.7 Å². The Labute approximate surface area is 195 Å². The Hall–Kier alpha value is -2.49. The Balaban J connectivity index is 1.60. The third-order valence-corrected chi connectivity index (χ3v) is 6.32. The number of pyridine rings is 1. The summed E-state index contributed by atoms with van der Waals surface area (Å²) in [7, 11) is 0. The number of aryl methyl sites for hydroxylation is 1. The van der Waals surface area contributed by atoms with Crippen molar-refractivity contribution in [3.63, 3.8) is 0 Å². The summed E-state index contributed by atoms with van der Waals surface area (Å²) in [6.07, 6.45) is -2.85. The first kappa shape index (κ1) is 22.7. The minimum atomic E-state index is -4.45. The van der Waals surface area contributed by atoms with E-state index in [1.807, 2.05) is 0 Å². The molecule has 0 aliphatic heterocycles. The van der Waals surface area contributed by atoms with E-state index in [-0.39, 0.29) is 11.5 Å². The zero-order chi connectivity index (χ0) is 23.2. The number of alkyl halides is 3. The number of halogens is 5. The molecule has 166 valence electrons. The monoisotopic (exact) mass is 498 g/mol. The first-order chi connectivity index (χ1) is 15.1. The molecular formula is C21H15Cl2F3N4OS. The third kappa shape index (κ3) is 4.24. The van der Waals surface area contributed by atoms with E-state index in [2.05, 4.69) is 10.2 Å². The van der Waals surface area contributed by atoms with Crippen LogP contribution in [-0.2, 0) is 6.18 Å². The van der Waals surface area contributed by atoms with Crippen LogP contribution in [0.5, 0.6) is 0 Å². The Morgan fingerprint density at radius 2 is 1.88 bits per heavy atom. The Bertz CT molecular complexity index is 1350. The van der Waals surface area contributed by atoms with Crippen LogP contribution in [0.3, 0.4) is 0 Å². The van der Waals surface area contributed by atoms with Crippen LogP contribution in [0.2, 0.25) is 10.0 Å². The van der Waals surface area contributed by atoms with E-state index in [1.54, 1.807) is 47.2 Å². The summed E-state index contributed by atoms with van der Waals surface area (Å²) < 4.78 is 42.6. The van der Waals surface area contributed by atoms with E-state index in [4.69, 9.17) is 23.2 Å². The molecule has 0 bridgehead atoms. The summed E-state index contributed by atoms with van der Waals surface area (Å²) in [5.41, 5.74) is 1.66. The highest BCUT2D eigenvalue weighted by molar-refractivity contribution is 7.99. The van der Waals surface area contributed by atoms with Crippen molar-refractivity contribution in [1.29, 1.82) is 0 Å². The fourth-order valence-corrected chi connectivity index (χ4v) is 4.77. The molecule has 32 heavy (non-hydrogen) atoms. The molecule has 3 aromatic heterocycles. The lowest BCUT2D eigenvalue weighted by Crippen LogP contribution is -2.08. The lowest BCUT2D eigenvalue weighted by molar-refractivity contribution is -0.137. The molecular weight excluding hydrogens is 484 g/mol. The molecule has 0 N–H and O–H groups in total. The standard InChI is InChI=1S/C21H15Cl2F3N4OS/c1-11-6-16(12(2)30(11)15-5-3-4-13(7-15)21(24,25)26)18(31)10-32-20-28-27-19-17(23)8-14(22)9-29(19)20/h3-9H,10H2,1-2H3. The van der Waals surface area contributed by atoms with Gasteiger partial charge < -0.3 is 4.57 Å². The average Bonchev–Trinajstić information content (AvgIpc) is 3.26. The maximum Gasteiger partial charge on any atom is 0.416 e. The molecule has 0 aliphatic rings. The maximum atomic E-state index is 13.1. The van der Waals surface area contributed by atoms with Crippen molar-refractivity contribution in [2.45, 2.75) is 25.2 Å². The van der Waals surface area contributed by atoms with E-state index in [9.17, 15) is 18.0 Å². The predicted octanol–water partition coefficient (Wildman–Crippen LogP) is 6.44. The van der Waals surface area contributed by atoms with Gasteiger partial charge in [0.2, 0.25) is 0 Å². The molecule has 0 atom stereocenters. The summed E-state index contributed by atoms with van der Waals surface area (Å²) in [4.78, 5) is 12.9. The van der Waals surface area contributed by atoms with Gasteiger partial charge >= 0.3 is 6.18 Å². The number of rotatable bonds is 5. The maximum absolute atomic E-state index is 13.1. The van der Waals surface area contributed by atoms with Crippen LogP contribution in [0.15, 0.2) is 47.8 Å². The molecule has 11 heteroatoms. The molecule has 0 amide bonds. The van der Waals surface area contributed by atoms with E-state index < -0.39 is 11.7 Å². The van der Waals surface area contributed by atoms with Crippen molar-refractivity contribution in [1.82, 2.24) is 19.2 Å². The van der Waals surface area contributed by atoms with Crippen molar-refractivity contribution in [2.24, 2.45) is 0 Å². The third-order valence-electron chi connectivity index (χ3n) is 4.89. The largest absolute Gasteiger partial charge is 0.416 e. The molecule has 4 rings (SSSR count). The Morgan fingerprint density at radius 1 is 1.12 bits per heavy atom. The molecule has 1 aromatic carbocycles. The predicted molar refractivity (Wildman–Crippen MR) is 118 cm³/mol. The van der Waals surface area contributed by atoms with E-state index in [0.717, 1.165) is 12.1 Å². The number of thioether (sulfide) groups is 1. The highest BCUT2D eigenvalue weighted by Crippen LogP contribution is 2.32.